The second kappa shape index (κ2) is 9.40. The Morgan fingerprint density at radius 1 is 1.18 bits per heavy atom. The fourth-order valence-electron chi connectivity index (χ4n) is 2.91. The molecule has 0 radical (unpaired) electrons. The van der Waals surface area contributed by atoms with Crippen molar-refractivity contribution in [2.24, 2.45) is 0 Å². The normalized spacial score (nSPS) is 12.8. The zero-order valence-electron chi connectivity index (χ0n) is 17.8. The monoisotopic (exact) mass is 490 g/mol. The van der Waals surface area contributed by atoms with E-state index in [4.69, 9.17) is 19.5 Å². The van der Waals surface area contributed by atoms with Gasteiger partial charge in [-0.25, -0.2) is 14.0 Å². The molecular formula is C22H17F3N4O4S. The van der Waals surface area contributed by atoms with Crippen molar-refractivity contribution in [2.75, 3.05) is 18.7 Å². The first-order valence-corrected chi connectivity index (χ1v) is 11.4. The molecule has 8 nitrogen and oxygen atoms in total. The van der Waals surface area contributed by atoms with Crippen LogP contribution in [0.25, 0.3) is 0 Å². The third-order valence-corrected chi connectivity index (χ3v) is 5.64. The van der Waals surface area contributed by atoms with E-state index < -0.39 is 38.8 Å². The van der Waals surface area contributed by atoms with E-state index in [0.717, 1.165) is 6.20 Å². The van der Waals surface area contributed by atoms with E-state index in [0.29, 0.717) is 6.07 Å². The van der Waals surface area contributed by atoms with Crippen molar-refractivity contribution in [3.63, 3.8) is 0 Å². The van der Waals surface area contributed by atoms with Gasteiger partial charge >= 0.3 is 6.18 Å². The van der Waals surface area contributed by atoms with Gasteiger partial charge in [-0.1, -0.05) is 6.07 Å². The molecule has 12 heteroatoms. The lowest BCUT2D eigenvalue weighted by atomic mass is 10.1. The number of aromatic nitrogens is 1. The number of pyridine rings is 1. The maximum absolute atomic E-state index is 13.7. The zero-order valence-corrected chi connectivity index (χ0v) is 18.6. The van der Waals surface area contributed by atoms with E-state index in [1.165, 1.54) is 55.8 Å². The Hall–Kier alpha value is -4.11. The Morgan fingerprint density at radius 2 is 1.91 bits per heavy atom. The van der Waals surface area contributed by atoms with Crippen molar-refractivity contribution in [1.29, 1.82) is 10.0 Å². The van der Waals surface area contributed by atoms with E-state index in [2.05, 4.69) is 10.3 Å². The number of carbonyl (C=O) groups is 1. The van der Waals surface area contributed by atoms with Crippen LogP contribution in [0, 0.1) is 16.1 Å². The summed E-state index contributed by atoms with van der Waals surface area (Å²) in [6.07, 6.45) is -2.89. The number of methoxy groups -OCH3 is 1. The van der Waals surface area contributed by atoms with Crippen LogP contribution >= 0.6 is 0 Å². The summed E-state index contributed by atoms with van der Waals surface area (Å²) in [5.74, 6) is -1.85. The Morgan fingerprint density at radius 3 is 2.53 bits per heavy atom. The number of benzene rings is 2. The summed E-state index contributed by atoms with van der Waals surface area (Å²) in [4.78, 5) is 16.9. The predicted molar refractivity (Wildman–Crippen MR) is 116 cm³/mol. The number of carbonyl (C=O) groups excluding carboxylic acids is 1. The quantitative estimate of drug-likeness (QED) is 0.498. The van der Waals surface area contributed by atoms with Crippen LogP contribution in [-0.2, 0) is 15.9 Å². The molecule has 34 heavy (non-hydrogen) atoms. The van der Waals surface area contributed by atoms with Crippen molar-refractivity contribution < 1.29 is 31.6 Å². The number of rotatable bonds is 6. The largest absolute Gasteiger partial charge is 0.493 e. The second-order valence-corrected chi connectivity index (χ2v) is 9.10. The standard InChI is InChI=1S/C22H17F3N4O4S/c1-32-18-10-13(12-26)6-7-17(18)33-21-19(16(8-9-28-21)22(23,24)25)20(30)29-14-4-3-5-15(11-14)34(2,27)31/h3-11,27H,1-2H3,(H,29,30). The van der Waals surface area contributed by atoms with E-state index in [-0.39, 0.29) is 27.6 Å². The van der Waals surface area contributed by atoms with Crippen molar-refractivity contribution in [3.8, 4) is 23.4 Å². The molecule has 3 rings (SSSR count). The van der Waals surface area contributed by atoms with E-state index >= 15 is 0 Å². The number of ether oxygens (including phenoxy) is 2. The predicted octanol–water partition coefficient (Wildman–Crippen LogP) is 5.06. The zero-order chi connectivity index (χ0) is 25.1. The number of hydrogen-bond donors (Lipinski definition) is 2. The molecule has 1 amide bonds. The molecule has 0 saturated heterocycles. The number of hydrogen-bond acceptors (Lipinski definition) is 7. The van der Waals surface area contributed by atoms with Gasteiger partial charge in [0.1, 0.15) is 5.56 Å². The van der Waals surface area contributed by atoms with Crippen molar-refractivity contribution in [3.05, 3.63) is 71.4 Å². The molecule has 1 heterocycles. The van der Waals surface area contributed by atoms with Gasteiger partial charge in [0, 0.05) is 29.1 Å². The smallest absolute Gasteiger partial charge is 0.417 e. The number of alkyl halides is 3. The average molecular weight is 490 g/mol. The number of amides is 1. The van der Waals surface area contributed by atoms with Crippen LogP contribution in [0.3, 0.4) is 0 Å². The van der Waals surface area contributed by atoms with Crippen molar-refractivity contribution in [2.45, 2.75) is 11.1 Å². The van der Waals surface area contributed by atoms with Crippen LogP contribution in [0.1, 0.15) is 21.5 Å². The van der Waals surface area contributed by atoms with Gasteiger partial charge in [-0.05, 0) is 36.4 Å². The Balaban J connectivity index is 2.08. The van der Waals surface area contributed by atoms with Gasteiger partial charge in [0.2, 0.25) is 5.88 Å². The second-order valence-electron chi connectivity index (χ2n) is 6.94. The molecule has 176 valence electrons. The van der Waals surface area contributed by atoms with E-state index in [1.807, 2.05) is 6.07 Å². The Kier molecular flexibility index (Phi) is 6.78. The summed E-state index contributed by atoms with van der Waals surface area (Å²) in [5.41, 5.74) is -1.93. The van der Waals surface area contributed by atoms with Gasteiger partial charge in [-0.15, -0.1) is 0 Å². The van der Waals surface area contributed by atoms with E-state index in [9.17, 15) is 22.2 Å². The molecule has 0 saturated carbocycles. The number of nitrogens with zero attached hydrogens (tertiary/aromatic N) is 2. The molecule has 3 aromatic rings. The van der Waals surface area contributed by atoms with Gasteiger partial charge in [0.25, 0.3) is 5.91 Å². The minimum atomic E-state index is -4.91. The Labute approximate surface area is 192 Å². The molecule has 0 aliphatic heterocycles. The summed E-state index contributed by atoms with van der Waals surface area (Å²) in [7, 11) is -1.85. The SMILES string of the molecule is COc1cc(C#N)ccc1Oc1nccc(C(F)(F)F)c1C(=O)Nc1cccc(S(C)(=N)=O)c1. The summed E-state index contributed by atoms with van der Waals surface area (Å²) < 4.78 is 71.5. The van der Waals surface area contributed by atoms with Crippen LogP contribution in [0.4, 0.5) is 18.9 Å². The molecule has 2 N–H and O–H groups in total. The van der Waals surface area contributed by atoms with Crippen molar-refractivity contribution >= 4 is 21.3 Å². The van der Waals surface area contributed by atoms with Crippen LogP contribution in [0.15, 0.2) is 59.6 Å². The van der Waals surface area contributed by atoms with Gasteiger partial charge in [-0.2, -0.15) is 18.4 Å². The first-order chi connectivity index (χ1) is 15.9. The fourth-order valence-corrected chi connectivity index (χ4v) is 3.60. The number of anilines is 1. The summed E-state index contributed by atoms with van der Waals surface area (Å²) in [5, 5.41) is 11.3. The number of nitrogens with one attached hydrogen (secondary N) is 2. The number of nitriles is 1. The molecule has 0 bridgehead atoms. The lowest BCUT2D eigenvalue weighted by Gasteiger charge is -2.17. The van der Waals surface area contributed by atoms with Crippen LogP contribution in [0.2, 0.25) is 0 Å². The van der Waals surface area contributed by atoms with Gasteiger partial charge in [0.05, 0.1) is 34.0 Å². The third kappa shape index (κ3) is 5.44. The van der Waals surface area contributed by atoms with Crippen LogP contribution in [-0.4, -0.2) is 28.5 Å². The maximum Gasteiger partial charge on any atom is 0.417 e. The molecule has 0 spiro atoms. The minimum absolute atomic E-state index is 0.0307. The highest BCUT2D eigenvalue weighted by atomic mass is 32.2. The summed E-state index contributed by atoms with van der Waals surface area (Å²) in [6, 6.07) is 11.9. The highest BCUT2D eigenvalue weighted by Crippen LogP contribution is 2.39. The molecule has 1 aromatic heterocycles. The summed E-state index contributed by atoms with van der Waals surface area (Å²) in [6.45, 7) is 0. The lowest BCUT2D eigenvalue weighted by Crippen LogP contribution is -2.20. The molecule has 0 aliphatic rings. The fraction of sp³-hybridized carbons (Fsp3) is 0.136. The van der Waals surface area contributed by atoms with Gasteiger partial charge < -0.3 is 14.8 Å². The van der Waals surface area contributed by atoms with E-state index in [1.54, 1.807) is 0 Å². The molecule has 1 atom stereocenters. The molecule has 0 aliphatic carbocycles. The first kappa shape index (κ1) is 24.5. The minimum Gasteiger partial charge on any atom is -0.493 e. The first-order valence-electron chi connectivity index (χ1n) is 9.41. The molecule has 0 fully saturated rings. The average Bonchev–Trinajstić information content (AvgIpc) is 2.78. The molecule has 2 aromatic carbocycles. The topological polar surface area (TPSA) is 125 Å². The molecule has 1 unspecified atom stereocenters. The Bertz CT molecular complexity index is 1400. The van der Waals surface area contributed by atoms with Gasteiger partial charge in [0.15, 0.2) is 11.5 Å². The maximum atomic E-state index is 13.7. The molecular weight excluding hydrogens is 473 g/mol. The lowest BCUT2D eigenvalue weighted by molar-refractivity contribution is -0.138. The van der Waals surface area contributed by atoms with Crippen LogP contribution in [0.5, 0.6) is 17.4 Å². The summed E-state index contributed by atoms with van der Waals surface area (Å²) >= 11 is 0. The number of halogens is 3. The highest BCUT2D eigenvalue weighted by Gasteiger charge is 2.38. The third-order valence-electron chi connectivity index (χ3n) is 4.49. The van der Waals surface area contributed by atoms with Crippen molar-refractivity contribution in [1.82, 2.24) is 4.98 Å². The van der Waals surface area contributed by atoms with Gasteiger partial charge in [-0.3, -0.25) is 4.79 Å². The van der Waals surface area contributed by atoms with Crippen LogP contribution < -0.4 is 14.8 Å². The highest BCUT2D eigenvalue weighted by molar-refractivity contribution is 7.91.